The highest BCUT2D eigenvalue weighted by Gasteiger charge is 2.27. The van der Waals surface area contributed by atoms with Gasteiger partial charge in [0.1, 0.15) is 6.04 Å². The summed E-state index contributed by atoms with van der Waals surface area (Å²) in [5.74, 6) is -1.90. The highest BCUT2D eigenvalue weighted by atomic mass is 32.2. The van der Waals surface area contributed by atoms with Crippen LogP contribution in [0, 0.1) is 5.92 Å². The number of amides is 1. The fourth-order valence-corrected chi connectivity index (χ4v) is 4.15. The third-order valence-corrected chi connectivity index (χ3v) is 5.03. The van der Waals surface area contributed by atoms with Crippen molar-refractivity contribution >= 4 is 21.9 Å². The van der Waals surface area contributed by atoms with Gasteiger partial charge in [0.25, 0.3) is 0 Å². The predicted octanol–water partition coefficient (Wildman–Crippen LogP) is 0.205. The second-order valence-corrected chi connectivity index (χ2v) is 7.10. The highest BCUT2D eigenvalue weighted by Crippen LogP contribution is 2.24. The van der Waals surface area contributed by atoms with Gasteiger partial charge in [-0.2, -0.15) is 0 Å². The average Bonchev–Trinajstić information content (AvgIpc) is 2.34. The standard InChI is InChI=1S/C12H22N2O5S/c13-11(15)7-6-10(12(16)17)14-20(18,19)8-9-4-2-1-3-5-9/h9-10,14H,1-8H2,(H2,13,15)(H,16,17)/t10-/m1/s1. The Kier molecular flexibility index (Phi) is 6.41. The van der Waals surface area contributed by atoms with Gasteiger partial charge < -0.3 is 10.8 Å². The molecule has 0 spiro atoms. The number of rotatable bonds is 8. The molecule has 1 aliphatic rings. The van der Waals surface area contributed by atoms with Crippen molar-refractivity contribution in [1.29, 1.82) is 0 Å². The van der Waals surface area contributed by atoms with Crippen LogP contribution < -0.4 is 10.5 Å². The van der Waals surface area contributed by atoms with Crippen molar-refractivity contribution in [2.75, 3.05) is 5.75 Å². The number of carboxylic acid groups (broad SMARTS) is 1. The summed E-state index contributed by atoms with van der Waals surface area (Å²) in [5, 5.41) is 8.98. The first-order chi connectivity index (χ1) is 9.30. The van der Waals surface area contributed by atoms with Gasteiger partial charge in [-0.15, -0.1) is 0 Å². The number of aliphatic carboxylic acids is 1. The Labute approximate surface area is 119 Å². The van der Waals surface area contributed by atoms with Gasteiger partial charge >= 0.3 is 5.97 Å². The van der Waals surface area contributed by atoms with Gasteiger partial charge in [-0.3, -0.25) is 9.59 Å². The zero-order valence-corrected chi connectivity index (χ0v) is 12.2. The minimum absolute atomic E-state index is 0.0483. The van der Waals surface area contributed by atoms with E-state index in [-0.39, 0.29) is 24.5 Å². The second-order valence-electron chi connectivity index (χ2n) is 5.30. The highest BCUT2D eigenvalue weighted by molar-refractivity contribution is 7.89. The molecule has 116 valence electrons. The first kappa shape index (κ1) is 16.9. The molecule has 4 N–H and O–H groups in total. The van der Waals surface area contributed by atoms with E-state index in [4.69, 9.17) is 10.8 Å². The molecule has 1 rings (SSSR count). The van der Waals surface area contributed by atoms with E-state index in [0.717, 1.165) is 32.1 Å². The van der Waals surface area contributed by atoms with Crippen molar-refractivity contribution in [3.63, 3.8) is 0 Å². The van der Waals surface area contributed by atoms with Crippen LogP contribution in [0.4, 0.5) is 0 Å². The molecule has 8 heteroatoms. The summed E-state index contributed by atoms with van der Waals surface area (Å²) in [6.45, 7) is 0. The lowest BCUT2D eigenvalue weighted by atomic mass is 9.91. The summed E-state index contributed by atoms with van der Waals surface area (Å²) in [4.78, 5) is 21.7. The van der Waals surface area contributed by atoms with E-state index in [1.165, 1.54) is 0 Å². The molecule has 0 aromatic carbocycles. The Morgan fingerprint density at radius 2 is 1.85 bits per heavy atom. The maximum atomic E-state index is 12.0. The molecule has 0 saturated heterocycles. The van der Waals surface area contributed by atoms with Crippen molar-refractivity contribution < 1.29 is 23.1 Å². The Hall–Kier alpha value is -1.15. The molecule has 1 atom stereocenters. The summed E-state index contributed by atoms with van der Waals surface area (Å²) < 4.78 is 26.1. The number of hydrogen-bond donors (Lipinski definition) is 3. The molecular weight excluding hydrogens is 284 g/mol. The number of hydrogen-bond acceptors (Lipinski definition) is 4. The monoisotopic (exact) mass is 306 g/mol. The van der Waals surface area contributed by atoms with E-state index < -0.39 is 27.9 Å². The van der Waals surface area contributed by atoms with Gasteiger partial charge in [-0.05, 0) is 25.2 Å². The second kappa shape index (κ2) is 7.58. The maximum Gasteiger partial charge on any atom is 0.321 e. The lowest BCUT2D eigenvalue weighted by Crippen LogP contribution is -2.43. The Morgan fingerprint density at radius 3 is 2.35 bits per heavy atom. The van der Waals surface area contributed by atoms with E-state index in [9.17, 15) is 18.0 Å². The number of carboxylic acids is 1. The van der Waals surface area contributed by atoms with Crippen LogP contribution in [0.2, 0.25) is 0 Å². The SMILES string of the molecule is NC(=O)CC[C@@H](NS(=O)(=O)CC1CCCCC1)C(=O)O. The molecule has 0 aromatic rings. The molecule has 1 fully saturated rings. The molecule has 0 bridgehead atoms. The minimum atomic E-state index is -3.66. The number of nitrogens with two attached hydrogens (primary N) is 1. The average molecular weight is 306 g/mol. The van der Waals surface area contributed by atoms with Crippen molar-refractivity contribution in [2.24, 2.45) is 11.7 Å². The third kappa shape index (κ3) is 6.33. The quantitative estimate of drug-likeness (QED) is 0.590. The molecule has 1 aliphatic carbocycles. The Balaban J connectivity index is 2.55. The van der Waals surface area contributed by atoms with Crippen LogP contribution in [-0.4, -0.2) is 37.2 Å². The largest absolute Gasteiger partial charge is 0.480 e. The Bertz CT molecular complexity index is 443. The smallest absolute Gasteiger partial charge is 0.321 e. The normalized spacial score (nSPS) is 18.6. The number of primary amides is 1. The molecule has 7 nitrogen and oxygen atoms in total. The van der Waals surface area contributed by atoms with Crippen molar-refractivity contribution in [2.45, 2.75) is 51.0 Å². The van der Waals surface area contributed by atoms with Gasteiger partial charge in [0.15, 0.2) is 0 Å². The van der Waals surface area contributed by atoms with Crippen molar-refractivity contribution in [3.05, 3.63) is 0 Å². The molecule has 0 aliphatic heterocycles. The van der Waals surface area contributed by atoms with E-state index in [1.807, 2.05) is 0 Å². The Morgan fingerprint density at radius 1 is 1.25 bits per heavy atom. The van der Waals surface area contributed by atoms with Gasteiger partial charge in [0.2, 0.25) is 15.9 Å². The van der Waals surface area contributed by atoms with Crippen LogP contribution in [0.25, 0.3) is 0 Å². The maximum absolute atomic E-state index is 12.0. The fraction of sp³-hybridized carbons (Fsp3) is 0.833. The summed E-state index contributed by atoms with van der Waals surface area (Å²) in [5.41, 5.74) is 4.94. The minimum Gasteiger partial charge on any atom is -0.480 e. The van der Waals surface area contributed by atoms with Crippen molar-refractivity contribution in [1.82, 2.24) is 4.72 Å². The van der Waals surface area contributed by atoms with E-state index in [0.29, 0.717) is 0 Å². The van der Waals surface area contributed by atoms with Gasteiger partial charge in [0, 0.05) is 6.42 Å². The van der Waals surface area contributed by atoms with Crippen LogP contribution in [0.3, 0.4) is 0 Å². The molecule has 20 heavy (non-hydrogen) atoms. The number of nitrogens with one attached hydrogen (secondary N) is 1. The van der Waals surface area contributed by atoms with Crippen LogP contribution >= 0.6 is 0 Å². The molecule has 0 unspecified atom stereocenters. The predicted molar refractivity (Wildman–Crippen MR) is 73.3 cm³/mol. The summed E-state index contributed by atoms with van der Waals surface area (Å²) >= 11 is 0. The zero-order chi connectivity index (χ0) is 15.2. The lowest BCUT2D eigenvalue weighted by Gasteiger charge is -2.22. The van der Waals surface area contributed by atoms with Crippen LogP contribution in [-0.2, 0) is 19.6 Å². The summed E-state index contributed by atoms with van der Waals surface area (Å²) in [7, 11) is -3.66. The topological polar surface area (TPSA) is 127 Å². The molecule has 0 heterocycles. The summed E-state index contributed by atoms with van der Waals surface area (Å²) in [6, 6.07) is -1.30. The molecule has 1 saturated carbocycles. The van der Waals surface area contributed by atoms with Crippen LogP contribution in [0.15, 0.2) is 0 Å². The van der Waals surface area contributed by atoms with E-state index in [2.05, 4.69) is 4.72 Å². The third-order valence-electron chi connectivity index (χ3n) is 3.48. The molecular formula is C12H22N2O5S. The number of sulfonamides is 1. The summed E-state index contributed by atoms with van der Waals surface area (Å²) in [6.07, 6.45) is 4.59. The van der Waals surface area contributed by atoms with Crippen molar-refractivity contribution in [3.8, 4) is 0 Å². The first-order valence-corrected chi connectivity index (χ1v) is 8.46. The van der Waals surface area contributed by atoms with E-state index >= 15 is 0 Å². The van der Waals surface area contributed by atoms with Crippen LogP contribution in [0.5, 0.6) is 0 Å². The molecule has 1 amide bonds. The number of carbonyl (C=O) groups excluding carboxylic acids is 1. The van der Waals surface area contributed by atoms with Gasteiger partial charge in [-0.25, -0.2) is 13.1 Å². The first-order valence-electron chi connectivity index (χ1n) is 6.81. The van der Waals surface area contributed by atoms with Crippen LogP contribution in [0.1, 0.15) is 44.9 Å². The zero-order valence-electron chi connectivity index (χ0n) is 11.4. The van der Waals surface area contributed by atoms with Gasteiger partial charge in [-0.1, -0.05) is 19.3 Å². The van der Waals surface area contributed by atoms with E-state index in [1.54, 1.807) is 0 Å². The fourth-order valence-electron chi connectivity index (χ4n) is 2.45. The lowest BCUT2D eigenvalue weighted by molar-refractivity contribution is -0.139. The molecule has 0 aromatic heterocycles. The number of carbonyl (C=O) groups is 2. The van der Waals surface area contributed by atoms with Gasteiger partial charge in [0.05, 0.1) is 5.75 Å². The molecule has 0 radical (unpaired) electrons.